The third kappa shape index (κ3) is 5.73. The molecule has 0 aliphatic heterocycles. The first-order chi connectivity index (χ1) is 9.89. The predicted octanol–water partition coefficient (Wildman–Crippen LogP) is 1.71. The molecule has 1 rings (SSSR count). The molecule has 6 nitrogen and oxygen atoms in total. The fourth-order valence-electron chi connectivity index (χ4n) is 1.74. The quantitative estimate of drug-likeness (QED) is 0.739. The van der Waals surface area contributed by atoms with Gasteiger partial charge in [-0.25, -0.2) is 17.9 Å². The van der Waals surface area contributed by atoms with Crippen LogP contribution in [0.5, 0.6) is 5.75 Å². The van der Waals surface area contributed by atoms with E-state index in [0.717, 1.165) is 12.8 Å². The van der Waals surface area contributed by atoms with Crippen LogP contribution in [0, 0.1) is 0 Å². The average Bonchev–Trinajstić information content (AvgIpc) is 2.44. The minimum absolute atomic E-state index is 0.116. The predicted molar refractivity (Wildman–Crippen MR) is 78.6 cm³/mol. The van der Waals surface area contributed by atoms with Crippen molar-refractivity contribution in [2.75, 3.05) is 13.7 Å². The SMILES string of the molecule is CCC[C@H](C)NS(=O)(=O)c1ccc(OCC(=O)OC)cc1. The zero-order chi connectivity index (χ0) is 15.9. The molecule has 0 aliphatic rings. The molecule has 1 aromatic carbocycles. The Morgan fingerprint density at radius 1 is 1.29 bits per heavy atom. The van der Waals surface area contributed by atoms with E-state index in [-0.39, 0.29) is 17.5 Å². The van der Waals surface area contributed by atoms with Gasteiger partial charge in [-0.1, -0.05) is 13.3 Å². The number of rotatable bonds is 8. The molecule has 0 amide bonds. The topological polar surface area (TPSA) is 81.7 Å². The van der Waals surface area contributed by atoms with Gasteiger partial charge in [0, 0.05) is 6.04 Å². The molecule has 0 saturated heterocycles. The van der Waals surface area contributed by atoms with Gasteiger partial charge in [-0.15, -0.1) is 0 Å². The van der Waals surface area contributed by atoms with Crippen LogP contribution in [0.4, 0.5) is 0 Å². The van der Waals surface area contributed by atoms with Crippen LogP contribution in [0.1, 0.15) is 26.7 Å². The molecule has 0 radical (unpaired) electrons. The molecule has 0 saturated carbocycles. The van der Waals surface area contributed by atoms with Crippen molar-refractivity contribution in [1.29, 1.82) is 0 Å². The van der Waals surface area contributed by atoms with Gasteiger partial charge in [-0.2, -0.15) is 0 Å². The minimum atomic E-state index is -3.53. The number of carbonyl (C=O) groups excluding carboxylic acids is 1. The van der Waals surface area contributed by atoms with E-state index < -0.39 is 16.0 Å². The van der Waals surface area contributed by atoms with E-state index in [1.54, 1.807) is 0 Å². The van der Waals surface area contributed by atoms with E-state index in [1.807, 2.05) is 13.8 Å². The van der Waals surface area contributed by atoms with Crippen molar-refractivity contribution in [2.24, 2.45) is 0 Å². The summed E-state index contributed by atoms with van der Waals surface area (Å²) in [4.78, 5) is 11.1. The van der Waals surface area contributed by atoms with Gasteiger partial charge >= 0.3 is 5.97 Å². The van der Waals surface area contributed by atoms with Crippen LogP contribution in [-0.4, -0.2) is 34.1 Å². The lowest BCUT2D eigenvalue weighted by atomic mass is 10.2. The normalized spacial score (nSPS) is 12.7. The molecule has 7 heteroatoms. The van der Waals surface area contributed by atoms with E-state index >= 15 is 0 Å². The standard InChI is InChI=1S/C14H21NO5S/c1-4-5-11(2)15-21(17,18)13-8-6-12(7-9-13)20-10-14(16)19-3/h6-9,11,15H,4-5,10H2,1-3H3/t11-/m0/s1. The third-order valence-corrected chi connectivity index (χ3v) is 4.40. The summed E-state index contributed by atoms with van der Waals surface area (Å²) in [5, 5.41) is 0. The molecule has 0 bridgehead atoms. The van der Waals surface area contributed by atoms with Crippen LogP contribution in [0.2, 0.25) is 0 Å². The van der Waals surface area contributed by atoms with Crippen LogP contribution in [0.15, 0.2) is 29.2 Å². The second-order valence-electron chi connectivity index (χ2n) is 4.65. The maximum atomic E-state index is 12.1. The Morgan fingerprint density at radius 3 is 2.43 bits per heavy atom. The van der Waals surface area contributed by atoms with Gasteiger partial charge in [0.15, 0.2) is 6.61 Å². The first kappa shape index (κ1) is 17.5. The molecular weight excluding hydrogens is 294 g/mol. The van der Waals surface area contributed by atoms with Gasteiger partial charge in [0.05, 0.1) is 12.0 Å². The first-order valence-corrected chi connectivity index (χ1v) is 8.19. The van der Waals surface area contributed by atoms with Crippen molar-refractivity contribution in [3.05, 3.63) is 24.3 Å². The number of nitrogens with one attached hydrogen (secondary N) is 1. The molecule has 0 aromatic heterocycles. The Kier molecular flexibility index (Phi) is 6.64. The highest BCUT2D eigenvalue weighted by Gasteiger charge is 2.16. The van der Waals surface area contributed by atoms with Gasteiger partial charge in [0.2, 0.25) is 10.0 Å². The van der Waals surface area contributed by atoms with Crippen molar-refractivity contribution >= 4 is 16.0 Å². The van der Waals surface area contributed by atoms with Crippen molar-refractivity contribution < 1.29 is 22.7 Å². The Hall–Kier alpha value is -1.60. The second kappa shape index (κ2) is 7.99. The van der Waals surface area contributed by atoms with Gasteiger partial charge < -0.3 is 9.47 Å². The zero-order valence-electron chi connectivity index (χ0n) is 12.5. The second-order valence-corrected chi connectivity index (χ2v) is 6.36. The van der Waals surface area contributed by atoms with Gasteiger partial charge in [0.25, 0.3) is 0 Å². The summed E-state index contributed by atoms with van der Waals surface area (Å²) < 4.78 is 36.4. The summed E-state index contributed by atoms with van der Waals surface area (Å²) >= 11 is 0. The summed E-state index contributed by atoms with van der Waals surface area (Å²) in [6.45, 7) is 3.61. The fraction of sp³-hybridized carbons (Fsp3) is 0.500. The Morgan fingerprint density at radius 2 is 1.90 bits per heavy atom. The van der Waals surface area contributed by atoms with Crippen molar-refractivity contribution in [2.45, 2.75) is 37.6 Å². The van der Waals surface area contributed by atoms with Gasteiger partial charge in [-0.3, -0.25) is 0 Å². The molecule has 1 N–H and O–H groups in total. The van der Waals surface area contributed by atoms with Gasteiger partial charge in [-0.05, 0) is 37.6 Å². The Balaban J connectivity index is 2.70. The highest BCUT2D eigenvalue weighted by atomic mass is 32.2. The lowest BCUT2D eigenvalue weighted by Crippen LogP contribution is -2.32. The zero-order valence-corrected chi connectivity index (χ0v) is 13.3. The molecule has 1 aromatic rings. The Labute approximate surface area is 125 Å². The van der Waals surface area contributed by atoms with E-state index in [0.29, 0.717) is 5.75 Å². The average molecular weight is 315 g/mol. The number of esters is 1. The van der Waals surface area contributed by atoms with E-state index in [4.69, 9.17) is 4.74 Å². The molecule has 0 fully saturated rings. The van der Waals surface area contributed by atoms with E-state index in [1.165, 1.54) is 31.4 Å². The molecule has 0 unspecified atom stereocenters. The number of carbonyl (C=O) groups is 1. The van der Waals surface area contributed by atoms with Crippen molar-refractivity contribution in [1.82, 2.24) is 4.72 Å². The van der Waals surface area contributed by atoms with Crippen LogP contribution in [-0.2, 0) is 19.6 Å². The van der Waals surface area contributed by atoms with Crippen LogP contribution >= 0.6 is 0 Å². The maximum absolute atomic E-state index is 12.1. The maximum Gasteiger partial charge on any atom is 0.343 e. The van der Waals surface area contributed by atoms with E-state index in [9.17, 15) is 13.2 Å². The summed E-state index contributed by atoms with van der Waals surface area (Å²) in [7, 11) is -2.26. The molecule has 0 heterocycles. The minimum Gasteiger partial charge on any atom is -0.482 e. The monoisotopic (exact) mass is 315 g/mol. The summed E-state index contributed by atoms with van der Waals surface area (Å²) in [5.74, 6) is -0.0947. The fourth-order valence-corrected chi connectivity index (χ4v) is 3.02. The molecule has 21 heavy (non-hydrogen) atoms. The third-order valence-electron chi connectivity index (χ3n) is 2.80. The molecule has 0 spiro atoms. The van der Waals surface area contributed by atoms with Crippen molar-refractivity contribution in [3.8, 4) is 5.75 Å². The smallest absolute Gasteiger partial charge is 0.343 e. The lowest BCUT2D eigenvalue weighted by Gasteiger charge is -2.13. The highest BCUT2D eigenvalue weighted by molar-refractivity contribution is 7.89. The Bertz CT molecular complexity index is 553. The van der Waals surface area contributed by atoms with Crippen LogP contribution in [0.25, 0.3) is 0 Å². The van der Waals surface area contributed by atoms with E-state index in [2.05, 4.69) is 9.46 Å². The lowest BCUT2D eigenvalue weighted by molar-refractivity contribution is -0.142. The summed E-state index contributed by atoms with van der Waals surface area (Å²) in [5.41, 5.74) is 0. The number of hydrogen-bond donors (Lipinski definition) is 1. The number of ether oxygens (including phenoxy) is 2. The number of benzene rings is 1. The summed E-state index contributed by atoms with van der Waals surface area (Å²) in [6, 6.07) is 5.76. The largest absolute Gasteiger partial charge is 0.482 e. The number of sulfonamides is 1. The van der Waals surface area contributed by atoms with Crippen LogP contribution in [0.3, 0.4) is 0 Å². The van der Waals surface area contributed by atoms with Crippen LogP contribution < -0.4 is 9.46 Å². The highest BCUT2D eigenvalue weighted by Crippen LogP contribution is 2.16. The number of methoxy groups -OCH3 is 1. The molecular formula is C14H21NO5S. The summed E-state index contributed by atoms with van der Waals surface area (Å²) in [6.07, 6.45) is 1.68. The number of hydrogen-bond acceptors (Lipinski definition) is 5. The molecule has 1 atom stereocenters. The molecule has 118 valence electrons. The van der Waals surface area contributed by atoms with Gasteiger partial charge in [0.1, 0.15) is 5.75 Å². The molecule has 0 aliphatic carbocycles. The van der Waals surface area contributed by atoms with Crippen molar-refractivity contribution in [3.63, 3.8) is 0 Å². The first-order valence-electron chi connectivity index (χ1n) is 6.71.